The molecule has 35 heavy (non-hydrogen) atoms. The fraction of sp³-hybridized carbons (Fsp3) is 0.192. The van der Waals surface area contributed by atoms with Crippen molar-refractivity contribution in [3.8, 4) is 5.75 Å². The molecule has 0 atom stereocenters. The Hall–Kier alpha value is -3.43. The summed E-state index contributed by atoms with van der Waals surface area (Å²) in [4.78, 5) is 23.9. The molecule has 1 N–H and O–H groups in total. The van der Waals surface area contributed by atoms with Gasteiger partial charge in [-0.2, -0.15) is 12.8 Å². The third kappa shape index (κ3) is 5.63. The minimum atomic E-state index is -4.13. The number of fused-ring (bicyclic) bond motifs is 2. The molecule has 0 aromatic heterocycles. The lowest BCUT2D eigenvalue weighted by atomic mass is 9.94. The van der Waals surface area contributed by atoms with Crippen LogP contribution in [-0.4, -0.2) is 42.3 Å². The zero-order chi connectivity index (χ0) is 25.4. The number of rotatable bonds is 6. The quantitative estimate of drug-likeness (QED) is 0.493. The number of aliphatic carboxylic acids is 1. The number of ketones is 1. The fourth-order valence-corrected chi connectivity index (χ4v) is 5.33. The monoisotopic (exact) mass is 509 g/mol. The van der Waals surface area contributed by atoms with Crippen LogP contribution in [0.3, 0.4) is 0 Å². The first-order chi connectivity index (χ1) is 16.4. The van der Waals surface area contributed by atoms with E-state index in [9.17, 15) is 18.0 Å². The van der Waals surface area contributed by atoms with Crippen molar-refractivity contribution >= 4 is 50.0 Å². The summed E-state index contributed by atoms with van der Waals surface area (Å²) < 4.78 is 36.4. The number of sulfonamides is 1. The number of carbonyl (C=O) groups is 2. The minimum absolute atomic E-state index is 0.00418. The lowest BCUT2D eigenvalue weighted by Gasteiger charge is -2.21. The molecule has 7 nitrogen and oxygen atoms in total. The van der Waals surface area contributed by atoms with Gasteiger partial charge in [0.25, 0.3) is 10.0 Å². The van der Waals surface area contributed by atoms with Crippen molar-refractivity contribution in [3.05, 3.63) is 82.8 Å². The van der Waals surface area contributed by atoms with Crippen LogP contribution in [0.15, 0.2) is 80.9 Å². The van der Waals surface area contributed by atoms with E-state index in [1.54, 1.807) is 48.5 Å². The van der Waals surface area contributed by atoms with Gasteiger partial charge < -0.3 is 9.84 Å². The van der Waals surface area contributed by atoms with Gasteiger partial charge in [0.15, 0.2) is 5.78 Å². The number of carboxylic acids is 1. The van der Waals surface area contributed by atoms with Gasteiger partial charge in [0, 0.05) is 11.1 Å². The molecular formula is C26H23NO6S2. The van der Waals surface area contributed by atoms with Crippen molar-refractivity contribution in [1.29, 1.82) is 0 Å². The van der Waals surface area contributed by atoms with E-state index in [-0.39, 0.29) is 38.2 Å². The molecule has 0 saturated heterocycles. The van der Waals surface area contributed by atoms with Crippen LogP contribution in [0, 0.1) is 0 Å². The number of carboxylic acid groups (broad SMARTS) is 1. The summed E-state index contributed by atoms with van der Waals surface area (Å²) in [5.74, 6) is -1.09. The number of benzene rings is 3. The lowest BCUT2D eigenvalue weighted by molar-refractivity contribution is -0.133. The van der Waals surface area contributed by atoms with Gasteiger partial charge in [0.2, 0.25) is 0 Å². The molecular weight excluding hydrogens is 486 g/mol. The van der Waals surface area contributed by atoms with Gasteiger partial charge in [0.05, 0.1) is 21.3 Å². The summed E-state index contributed by atoms with van der Waals surface area (Å²) in [6.07, 6.45) is 1.34. The van der Waals surface area contributed by atoms with E-state index in [2.05, 4.69) is 4.40 Å². The first kappa shape index (κ1) is 24.7. The molecule has 0 spiro atoms. The summed E-state index contributed by atoms with van der Waals surface area (Å²) in [6, 6.07) is 16.7. The molecule has 3 aromatic rings. The smallest absolute Gasteiger partial charge is 0.313 e. The van der Waals surface area contributed by atoms with Crippen LogP contribution in [0.2, 0.25) is 0 Å². The molecule has 0 radical (unpaired) electrons. The van der Waals surface area contributed by atoms with Gasteiger partial charge >= 0.3 is 5.97 Å². The Kier molecular flexibility index (Phi) is 6.57. The van der Waals surface area contributed by atoms with Gasteiger partial charge in [-0.25, -0.2) is 0 Å². The zero-order valence-electron chi connectivity index (χ0n) is 19.3. The second-order valence-electron chi connectivity index (χ2n) is 8.90. The van der Waals surface area contributed by atoms with Crippen LogP contribution in [0.4, 0.5) is 0 Å². The van der Waals surface area contributed by atoms with Crippen molar-refractivity contribution in [3.63, 3.8) is 0 Å². The van der Waals surface area contributed by atoms with Crippen molar-refractivity contribution in [2.45, 2.75) is 31.3 Å². The second-order valence-corrected chi connectivity index (χ2v) is 11.5. The number of Topliss-reactive ketones (excluding diaryl/α,β-unsaturated/α-hetero) is 1. The summed E-state index contributed by atoms with van der Waals surface area (Å²) in [5, 5.41) is 10.5. The van der Waals surface area contributed by atoms with E-state index in [1.165, 1.54) is 12.1 Å². The van der Waals surface area contributed by atoms with E-state index in [4.69, 9.17) is 9.84 Å². The van der Waals surface area contributed by atoms with E-state index in [0.29, 0.717) is 16.7 Å². The number of hydrogen-bond donors (Lipinski definition) is 1. The van der Waals surface area contributed by atoms with Gasteiger partial charge in [-0.15, -0.1) is 11.8 Å². The van der Waals surface area contributed by atoms with Crippen molar-refractivity contribution in [1.82, 2.24) is 0 Å². The molecule has 0 heterocycles. The van der Waals surface area contributed by atoms with Crippen molar-refractivity contribution in [2.75, 3.05) is 5.75 Å². The van der Waals surface area contributed by atoms with Crippen LogP contribution >= 0.6 is 11.8 Å². The van der Waals surface area contributed by atoms with E-state index in [1.807, 2.05) is 26.8 Å². The average Bonchev–Trinajstić information content (AvgIpc) is 2.78. The first-order valence-electron chi connectivity index (χ1n) is 10.7. The molecule has 0 bridgehead atoms. The normalized spacial score (nSPS) is 15.1. The molecule has 0 saturated carbocycles. The maximum Gasteiger partial charge on any atom is 0.313 e. The third-order valence-corrected chi connectivity index (χ3v) is 7.31. The van der Waals surface area contributed by atoms with Gasteiger partial charge in [0.1, 0.15) is 11.4 Å². The third-order valence-electron chi connectivity index (χ3n) is 5.01. The fourth-order valence-electron chi connectivity index (χ4n) is 3.59. The maximum absolute atomic E-state index is 13.2. The second kappa shape index (κ2) is 9.31. The highest BCUT2D eigenvalue weighted by Crippen LogP contribution is 2.31. The topological polar surface area (TPSA) is 110 Å². The summed E-state index contributed by atoms with van der Waals surface area (Å²) in [6.45, 7) is 5.84. The average molecular weight is 510 g/mol. The zero-order valence-corrected chi connectivity index (χ0v) is 20.9. The standard InChI is InChI=1S/C26H23NO6S2/c1-26(2,3)33-18-10-8-17-13-19(11-9-16(17)12-18)35(31,32)27-22-14-23(34-15-24(28)29)25(30)21-7-5-4-6-20(21)22/h4-14H,15H2,1-3H3,(H,28,29)/b27-22+. The maximum atomic E-state index is 13.2. The number of allylic oxidation sites excluding steroid dienone is 2. The lowest BCUT2D eigenvalue weighted by Crippen LogP contribution is -2.22. The number of nitrogens with zero attached hydrogens (tertiary/aromatic N) is 1. The van der Waals surface area contributed by atoms with E-state index < -0.39 is 16.0 Å². The number of hydrogen-bond acceptors (Lipinski definition) is 6. The highest BCUT2D eigenvalue weighted by Gasteiger charge is 2.27. The van der Waals surface area contributed by atoms with Crippen LogP contribution in [0.5, 0.6) is 5.75 Å². The molecule has 3 aromatic carbocycles. The molecule has 4 rings (SSSR count). The van der Waals surface area contributed by atoms with Gasteiger partial charge in [-0.3, -0.25) is 9.59 Å². The van der Waals surface area contributed by atoms with Crippen LogP contribution < -0.4 is 4.74 Å². The molecule has 0 fully saturated rings. The molecule has 9 heteroatoms. The van der Waals surface area contributed by atoms with Gasteiger partial charge in [-0.05, 0) is 61.9 Å². The summed E-state index contributed by atoms with van der Waals surface area (Å²) >= 11 is 0.834. The highest BCUT2D eigenvalue weighted by atomic mass is 32.2. The summed E-state index contributed by atoms with van der Waals surface area (Å²) in [7, 11) is -4.13. The highest BCUT2D eigenvalue weighted by molar-refractivity contribution is 8.04. The van der Waals surface area contributed by atoms with Crippen LogP contribution in [0.1, 0.15) is 36.7 Å². The van der Waals surface area contributed by atoms with E-state index in [0.717, 1.165) is 17.1 Å². The Labute approximate surface area is 207 Å². The Bertz CT molecular complexity index is 1510. The van der Waals surface area contributed by atoms with Crippen LogP contribution in [-0.2, 0) is 14.8 Å². The van der Waals surface area contributed by atoms with Crippen molar-refractivity contribution < 1.29 is 27.9 Å². The molecule has 1 aliphatic carbocycles. The summed E-state index contributed by atoms with van der Waals surface area (Å²) in [5.41, 5.74) is 0.384. The number of carbonyl (C=O) groups excluding carboxylic acids is 1. The Morgan fingerprint density at radius 1 is 1.00 bits per heavy atom. The predicted molar refractivity (Wildman–Crippen MR) is 137 cm³/mol. The molecule has 1 aliphatic rings. The van der Waals surface area contributed by atoms with E-state index >= 15 is 0 Å². The Morgan fingerprint density at radius 3 is 2.34 bits per heavy atom. The molecule has 180 valence electrons. The van der Waals surface area contributed by atoms with Crippen LogP contribution in [0.25, 0.3) is 10.8 Å². The number of ether oxygens (including phenoxy) is 1. The number of thioether (sulfide) groups is 1. The molecule has 0 aliphatic heterocycles. The Balaban J connectivity index is 1.74. The molecule has 0 amide bonds. The largest absolute Gasteiger partial charge is 0.488 e. The Morgan fingerprint density at radius 2 is 1.66 bits per heavy atom. The van der Waals surface area contributed by atoms with Crippen molar-refractivity contribution in [2.24, 2.45) is 4.40 Å². The van der Waals surface area contributed by atoms with Gasteiger partial charge in [-0.1, -0.05) is 36.4 Å². The SMILES string of the molecule is CC(C)(C)Oc1ccc2cc(S(=O)(=O)/N=C3\C=C(SCC(=O)O)C(=O)c4ccccc43)ccc2c1. The molecule has 0 unspecified atom stereocenters. The predicted octanol–water partition coefficient (Wildman–Crippen LogP) is 5.09. The first-order valence-corrected chi connectivity index (χ1v) is 13.1. The minimum Gasteiger partial charge on any atom is -0.488 e.